The van der Waals surface area contributed by atoms with Gasteiger partial charge in [-0.1, -0.05) is 6.07 Å². The SMILES string of the molecule is Cc1cc(C)c(C)c(S(=O)(=O)N2CCC(C(=O)NC(C)c3ccncc3)CC2)c1C. The van der Waals surface area contributed by atoms with E-state index in [1.54, 1.807) is 12.4 Å². The van der Waals surface area contributed by atoms with E-state index in [0.717, 1.165) is 27.8 Å². The maximum atomic E-state index is 13.4. The lowest BCUT2D eigenvalue weighted by Gasteiger charge is -2.32. The molecule has 30 heavy (non-hydrogen) atoms. The summed E-state index contributed by atoms with van der Waals surface area (Å²) in [5, 5.41) is 3.05. The molecule has 1 N–H and O–H groups in total. The summed E-state index contributed by atoms with van der Waals surface area (Å²) in [6.45, 7) is 10.3. The number of nitrogens with zero attached hydrogens (tertiary/aromatic N) is 2. The monoisotopic (exact) mass is 429 g/mol. The molecule has 0 radical (unpaired) electrons. The van der Waals surface area contributed by atoms with Crippen molar-refractivity contribution in [2.45, 2.75) is 58.4 Å². The molecule has 0 bridgehead atoms. The Hall–Kier alpha value is -2.25. The van der Waals surface area contributed by atoms with Crippen LogP contribution in [0.15, 0.2) is 35.5 Å². The van der Waals surface area contributed by atoms with E-state index in [-0.39, 0.29) is 17.9 Å². The van der Waals surface area contributed by atoms with Crippen LogP contribution in [0.2, 0.25) is 0 Å². The number of amides is 1. The highest BCUT2D eigenvalue weighted by Crippen LogP contribution is 2.31. The molecule has 1 amide bonds. The first-order valence-electron chi connectivity index (χ1n) is 10.4. The lowest BCUT2D eigenvalue weighted by Crippen LogP contribution is -2.43. The van der Waals surface area contributed by atoms with Crippen molar-refractivity contribution in [3.63, 3.8) is 0 Å². The fraction of sp³-hybridized carbons (Fsp3) is 0.478. The van der Waals surface area contributed by atoms with E-state index in [0.29, 0.717) is 30.8 Å². The summed E-state index contributed by atoms with van der Waals surface area (Å²) in [7, 11) is -3.59. The van der Waals surface area contributed by atoms with Gasteiger partial charge in [-0.25, -0.2) is 8.42 Å². The number of carbonyl (C=O) groups is 1. The van der Waals surface area contributed by atoms with Crippen molar-refractivity contribution in [3.05, 3.63) is 58.4 Å². The first-order valence-corrected chi connectivity index (χ1v) is 11.8. The average Bonchev–Trinajstić information content (AvgIpc) is 2.73. The third-order valence-electron chi connectivity index (χ3n) is 6.28. The molecule has 0 spiro atoms. The summed E-state index contributed by atoms with van der Waals surface area (Å²) < 4.78 is 28.3. The smallest absolute Gasteiger partial charge is 0.243 e. The van der Waals surface area contributed by atoms with Crippen LogP contribution in [0.3, 0.4) is 0 Å². The summed E-state index contributed by atoms with van der Waals surface area (Å²) in [5.74, 6) is -0.197. The fourth-order valence-electron chi connectivity index (χ4n) is 4.12. The first-order chi connectivity index (χ1) is 14.1. The van der Waals surface area contributed by atoms with Gasteiger partial charge in [0, 0.05) is 31.4 Å². The van der Waals surface area contributed by atoms with Gasteiger partial charge in [-0.15, -0.1) is 0 Å². The maximum absolute atomic E-state index is 13.4. The Bertz CT molecular complexity index is 1000. The molecule has 0 aliphatic carbocycles. The van der Waals surface area contributed by atoms with Crippen molar-refractivity contribution in [1.82, 2.24) is 14.6 Å². The zero-order chi connectivity index (χ0) is 22.1. The van der Waals surface area contributed by atoms with Gasteiger partial charge < -0.3 is 5.32 Å². The number of carbonyl (C=O) groups excluding carboxylic acids is 1. The molecular weight excluding hydrogens is 398 g/mol. The van der Waals surface area contributed by atoms with Gasteiger partial charge in [0.15, 0.2) is 0 Å². The van der Waals surface area contributed by atoms with Gasteiger partial charge in [0.2, 0.25) is 15.9 Å². The highest BCUT2D eigenvalue weighted by molar-refractivity contribution is 7.89. The number of benzene rings is 1. The van der Waals surface area contributed by atoms with Crippen LogP contribution in [0, 0.1) is 33.6 Å². The minimum atomic E-state index is -3.59. The van der Waals surface area contributed by atoms with Crippen molar-refractivity contribution >= 4 is 15.9 Å². The van der Waals surface area contributed by atoms with E-state index >= 15 is 0 Å². The van der Waals surface area contributed by atoms with Gasteiger partial charge in [0.05, 0.1) is 10.9 Å². The lowest BCUT2D eigenvalue weighted by molar-refractivity contribution is -0.126. The summed E-state index contributed by atoms with van der Waals surface area (Å²) in [4.78, 5) is 17.1. The first kappa shape index (κ1) is 22.4. The number of aryl methyl sites for hydroxylation is 2. The zero-order valence-corrected chi connectivity index (χ0v) is 19.2. The van der Waals surface area contributed by atoms with E-state index in [1.807, 2.05) is 52.8 Å². The van der Waals surface area contributed by atoms with Crippen molar-refractivity contribution in [1.29, 1.82) is 0 Å². The quantitative estimate of drug-likeness (QED) is 0.788. The predicted octanol–water partition coefficient (Wildman–Crippen LogP) is 3.59. The fourth-order valence-corrected chi connectivity index (χ4v) is 6.17. The number of sulfonamides is 1. The van der Waals surface area contributed by atoms with Crippen LogP contribution in [0.4, 0.5) is 0 Å². The summed E-state index contributed by atoms with van der Waals surface area (Å²) >= 11 is 0. The molecule has 1 aliphatic heterocycles. The number of pyridine rings is 1. The molecule has 7 heteroatoms. The Balaban J connectivity index is 1.69. The molecule has 6 nitrogen and oxygen atoms in total. The van der Waals surface area contributed by atoms with Crippen LogP contribution < -0.4 is 5.32 Å². The molecule has 162 valence electrons. The maximum Gasteiger partial charge on any atom is 0.243 e. The molecule has 3 rings (SSSR count). The van der Waals surface area contributed by atoms with Crippen LogP contribution in [-0.2, 0) is 14.8 Å². The van der Waals surface area contributed by atoms with Gasteiger partial charge in [0.25, 0.3) is 0 Å². The van der Waals surface area contributed by atoms with Gasteiger partial charge in [-0.2, -0.15) is 4.31 Å². The second-order valence-corrected chi connectivity index (χ2v) is 10.2. The van der Waals surface area contributed by atoms with E-state index in [9.17, 15) is 13.2 Å². The van der Waals surface area contributed by atoms with E-state index in [1.165, 1.54) is 4.31 Å². The normalized spacial score (nSPS) is 17.0. The zero-order valence-electron chi connectivity index (χ0n) is 18.4. The molecule has 0 saturated carbocycles. The number of hydrogen-bond donors (Lipinski definition) is 1. The van der Waals surface area contributed by atoms with Crippen LogP contribution in [0.5, 0.6) is 0 Å². The molecule has 1 aliphatic rings. The van der Waals surface area contributed by atoms with Crippen LogP contribution in [0.1, 0.15) is 53.6 Å². The van der Waals surface area contributed by atoms with Crippen molar-refractivity contribution in [2.75, 3.05) is 13.1 Å². The van der Waals surface area contributed by atoms with Crippen molar-refractivity contribution in [2.24, 2.45) is 5.92 Å². The molecular formula is C23H31N3O3S. The standard InChI is InChI=1S/C23H31N3O3S/c1-15-14-16(2)18(4)22(17(15)3)30(28,29)26-12-8-21(9-13-26)23(27)25-19(5)20-6-10-24-11-7-20/h6-7,10-11,14,19,21H,8-9,12-13H2,1-5H3,(H,25,27). The Kier molecular flexibility index (Phi) is 6.62. The Morgan fingerprint density at radius 3 is 2.13 bits per heavy atom. The molecule has 2 heterocycles. The molecule has 1 saturated heterocycles. The number of hydrogen-bond acceptors (Lipinski definition) is 4. The van der Waals surface area contributed by atoms with Crippen LogP contribution in [0.25, 0.3) is 0 Å². The van der Waals surface area contributed by atoms with Crippen molar-refractivity contribution in [3.8, 4) is 0 Å². The largest absolute Gasteiger partial charge is 0.349 e. The minimum absolute atomic E-state index is 0.0184. The second kappa shape index (κ2) is 8.86. The molecule has 2 aromatic rings. The molecule has 1 atom stereocenters. The highest BCUT2D eigenvalue weighted by Gasteiger charge is 2.34. The molecule has 1 unspecified atom stereocenters. The number of piperidine rings is 1. The molecule has 1 fully saturated rings. The van der Waals surface area contributed by atoms with E-state index < -0.39 is 10.0 Å². The van der Waals surface area contributed by atoms with Gasteiger partial charge in [0.1, 0.15) is 0 Å². The minimum Gasteiger partial charge on any atom is -0.349 e. The predicted molar refractivity (Wildman–Crippen MR) is 118 cm³/mol. The third kappa shape index (κ3) is 4.42. The van der Waals surface area contributed by atoms with E-state index in [4.69, 9.17) is 0 Å². The van der Waals surface area contributed by atoms with Crippen LogP contribution >= 0.6 is 0 Å². The average molecular weight is 430 g/mol. The third-order valence-corrected chi connectivity index (χ3v) is 8.46. The summed E-state index contributed by atoms with van der Waals surface area (Å²) in [6, 6.07) is 5.69. The van der Waals surface area contributed by atoms with Gasteiger partial charge >= 0.3 is 0 Å². The second-order valence-electron chi connectivity index (χ2n) is 8.28. The highest BCUT2D eigenvalue weighted by atomic mass is 32.2. The van der Waals surface area contributed by atoms with Crippen molar-refractivity contribution < 1.29 is 13.2 Å². The number of nitrogens with one attached hydrogen (secondary N) is 1. The number of aromatic nitrogens is 1. The molecule has 1 aromatic carbocycles. The van der Waals surface area contributed by atoms with Gasteiger partial charge in [-0.3, -0.25) is 9.78 Å². The van der Waals surface area contributed by atoms with Gasteiger partial charge in [-0.05, 0) is 87.4 Å². The Labute approximate surface area is 179 Å². The summed E-state index contributed by atoms with van der Waals surface area (Å²) in [6.07, 6.45) is 4.46. The topological polar surface area (TPSA) is 79.4 Å². The lowest BCUT2D eigenvalue weighted by atomic mass is 9.96. The molecule has 1 aromatic heterocycles. The van der Waals surface area contributed by atoms with E-state index in [2.05, 4.69) is 10.3 Å². The Morgan fingerprint density at radius 1 is 1.07 bits per heavy atom. The Morgan fingerprint density at radius 2 is 1.60 bits per heavy atom. The number of rotatable bonds is 5. The summed E-state index contributed by atoms with van der Waals surface area (Å²) in [5.41, 5.74) is 4.58. The van der Waals surface area contributed by atoms with Crippen LogP contribution in [-0.4, -0.2) is 36.7 Å².